The standard InChI is InChI=1S/C30H53N9O9/c1-8-30(21-43-9-12-46-24(40)15-27(2,3)18-34-37-31,22-44-10-13-47-25(41)16-28(4,5)19-35-38-32)23-45-11-14-48-26(42)17-29(6,7)20-36-39-33/h8-23H2,1-7H3. The second kappa shape index (κ2) is 23.5. The van der Waals surface area contributed by atoms with E-state index < -0.39 is 39.6 Å². The lowest BCUT2D eigenvalue weighted by atomic mass is 9.88. The van der Waals surface area contributed by atoms with E-state index in [2.05, 4.69) is 30.1 Å². The molecule has 0 unspecified atom stereocenters. The van der Waals surface area contributed by atoms with Gasteiger partial charge in [-0.25, -0.2) is 0 Å². The highest BCUT2D eigenvalue weighted by Crippen LogP contribution is 2.26. The second-order valence-corrected chi connectivity index (χ2v) is 13.9. The Labute approximate surface area is 282 Å². The quantitative estimate of drug-likeness (QED) is 0.0225. The molecule has 0 amide bonds. The maximum Gasteiger partial charge on any atom is 0.306 e. The first-order valence-corrected chi connectivity index (χ1v) is 15.8. The zero-order chi connectivity index (χ0) is 36.5. The molecule has 0 saturated carbocycles. The molecule has 0 bridgehead atoms. The molecule has 0 rings (SSSR count). The Balaban J connectivity index is 4.99. The fourth-order valence-electron chi connectivity index (χ4n) is 4.10. The maximum absolute atomic E-state index is 12.2. The minimum Gasteiger partial charge on any atom is -0.463 e. The van der Waals surface area contributed by atoms with Crippen LogP contribution in [0.15, 0.2) is 15.3 Å². The van der Waals surface area contributed by atoms with Crippen molar-refractivity contribution in [1.29, 1.82) is 0 Å². The van der Waals surface area contributed by atoms with Crippen molar-refractivity contribution < 1.29 is 42.8 Å². The summed E-state index contributed by atoms with van der Waals surface area (Å²) in [7, 11) is 0. The van der Waals surface area contributed by atoms with Gasteiger partial charge in [-0.2, -0.15) is 0 Å². The van der Waals surface area contributed by atoms with Gasteiger partial charge in [-0.05, 0) is 39.3 Å². The van der Waals surface area contributed by atoms with E-state index in [-0.39, 0.29) is 98.4 Å². The summed E-state index contributed by atoms with van der Waals surface area (Å²) >= 11 is 0. The van der Waals surface area contributed by atoms with E-state index in [1.165, 1.54) is 0 Å². The van der Waals surface area contributed by atoms with Gasteiger partial charge in [-0.15, -0.1) is 0 Å². The van der Waals surface area contributed by atoms with Crippen LogP contribution in [-0.4, -0.2) is 97.0 Å². The molecule has 0 aromatic rings. The number of carbonyl (C=O) groups is 3. The first kappa shape index (κ1) is 44.2. The largest absolute Gasteiger partial charge is 0.463 e. The fourth-order valence-corrected chi connectivity index (χ4v) is 4.10. The van der Waals surface area contributed by atoms with Gasteiger partial charge < -0.3 is 28.4 Å². The molecule has 0 aliphatic heterocycles. The SMILES string of the molecule is CCC(COCCOC(=O)CC(C)(C)CN=[N+]=[N-])(COCCOC(=O)CC(C)(C)CN=[N+]=[N-])COCCOC(=O)CC(C)(C)CN=[N+]=[N-]. The molecule has 0 aromatic carbocycles. The van der Waals surface area contributed by atoms with Crippen molar-refractivity contribution in [3.63, 3.8) is 0 Å². The molecule has 0 aliphatic rings. The molecule has 0 heterocycles. The van der Waals surface area contributed by atoms with E-state index in [1.54, 1.807) is 41.5 Å². The van der Waals surface area contributed by atoms with Crippen molar-refractivity contribution in [2.24, 2.45) is 37.0 Å². The Morgan fingerprint density at radius 2 is 0.792 bits per heavy atom. The van der Waals surface area contributed by atoms with E-state index >= 15 is 0 Å². The van der Waals surface area contributed by atoms with Crippen molar-refractivity contribution in [3.05, 3.63) is 31.3 Å². The zero-order valence-electron chi connectivity index (χ0n) is 29.5. The summed E-state index contributed by atoms with van der Waals surface area (Å²) in [5, 5.41) is 10.6. The van der Waals surface area contributed by atoms with Crippen molar-refractivity contribution in [3.8, 4) is 0 Å². The van der Waals surface area contributed by atoms with Gasteiger partial charge in [0.2, 0.25) is 0 Å². The molecule has 18 heteroatoms. The lowest BCUT2D eigenvalue weighted by molar-refractivity contribution is -0.149. The van der Waals surface area contributed by atoms with E-state index in [1.807, 2.05) is 6.92 Å². The van der Waals surface area contributed by atoms with Crippen LogP contribution in [0, 0.1) is 21.7 Å². The van der Waals surface area contributed by atoms with Gasteiger partial charge in [0.05, 0.1) is 58.9 Å². The Bertz CT molecular complexity index is 1010. The summed E-state index contributed by atoms with van der Waals surface area (Å²) in [6, 6.07) is 0. The summed E-state index contributed by atoms with van der Waals surface area (Å²) < 4.78 is 33.4. The minimum atomic E-state index is -0.621. The van der Waals surface area contributed by atoms with Gasteiger partial charge in [0.1, 0.15) is 19.8 Å². The van der Waals surface area contributed by atoms with Crippen molar-refractivity contribution in [2.45, 2.75) is 74.1 Å². The third-order valence-electron chi connectivity index (χ3n) is 7.00. The van der Waals surface area contributed by atoms with Crippen LogP contribution in [0.4, 0.5) is 0 Å². The molecule has 272 valence electrons. The molecule has 0 aromatic heterocycles. The van der Waals surface area contributed by atoms with E-state index in [0.717, 1.165) is 0 Å². The number of hydrogen-bond acceptors (Lipinski definition) is 12. The Hall–Kier alpha value is -3.78. The van der Waals surface area contributed by atoms with Crippen LogP contribution < -0.4 is 0 Å². The van der Waals surface area contributed by atoms with Crippen LogP contribution in [0.3, 0.4) is 0 Å². The molecule has 0 N–H and O–H groups in total. The molecular formula is C30H53N9O9. The van der Waals surface area contributed by atoms with Crippen molar-refractivity contribution in [2.75, 3.05) is 79.1 Å². The number of ether oxygens (including phenoxy) is 6. The first-order valence-electron chi connectivity index (χ1n) is 15.8. The molecule has 0 atom stereocenters. The van der Waals surface area contributed by atoms with Gasteiger partial charge in [0.25, 0.3) is 0 Å². The normalized spacial score (nSPS) is 12.8. The van der Waals surface area contributed by atoms with Gasteiger partial charge >= 0.3 is 17.9 Å². The molecule has 0 aliphatic carbocycles. The highest BCUT2D eigenvalue weighted by molar-refractivity contribution is 5.71. The summed E-state index contributed by atoms with van der Waals surface area (Å²) in [6.07, 6.45) is 0.830. The summed E-state index contributed by atoms with van der Waals surface area (Å²) in [5.74, 6) is -1.30. The van der Waals surface area contributed by atoms with Crippen LogP contribution in [0.5, 0.6) is 0 Å². The highest BCUT2D eigenvalue weighted by Gasteiger charge is 2.31. The van der Waals surface area contributed by atoms with Crippen LogP contribution in [-0.2, 0) is 42.8 Å². The van der Waals surface area contributed by atoms with Gasteiger partial charge in [0.15, 0.2) is 0 Å². The van der Waals surface area contributed by atoms with Crippen LogP contribution in [0.2, 0.25) is 0 Å². The monoisotopic (exact) mass is 683 g/mol. The smallest absolute Gasteiger partial charge is 0.306 e. The predicted molar refractivity (Wildman–Crippen MR) is 175 cm³/mol. The molecule has 18 nitrogen and oxygen atoms in total. The fraction of sp³-hybridized carbons (Fsp3) is 0.900. The summed E-state index contributed by atoms with van der Waals surface area (Å²) in [6.45, 7) is 14.3. The molecule has 48 heavy (non-hydrogen) atoms. The number of nitrogens with zero attached hydrogens (tertiary/aromatic N) is 9. The lowest BCUT2D eigenvalue weighted by Gasteiger charge is -2.32. The lowest BCUT2D eigenvalue weighted by Crippen LogP contribution is -2.38. The van der Waals surface area contributed by atoms with Crippen molar-refractivity contribution >= 4 is 17.9 Å². The molecule has 0 radical (unpaired) electrons. The minimum absolute atomic E-state index is 0.0237. The van der Waals surface area contributed by atoms with Gasteiger partial charge in [-0.3, -0.25) is 14.4 Å². The van der Waals surface area contributed by atoms with Crippen LogP contribution >= 0.6 is 0 Å². The van der Waals surface area contributed by atoms with E-state index in [9.17, 15) is 14.4 Å². The predicted octanol–water partition coefficient (Wildman–Crippen LogP) is 6.24. The average Bonchev–Trinajstić information content (AvgIpc) is 3.00. The summed E-state index contributed by atoms with van der Waals surface area (Å²) in [4.78, 5) is 44.9. The maximum atomic E-state index is 12.2. The zero-order valence-corrected chi connectivity index (χ0v) is 29.5. The highest BCUT2D eigenvalue weighted by atomic mass is 16.6. The Morgan fingerprint density at radius 3 is 1.02 bits per heavy atom. The molecule has 0 fully saturated rings. The second-order valence-electron chi connectivity index (χ2n) is 13.9. The molecule has 0 saturated heterocycles. The van der Waals surface area contributed by atoms with E-state index in [0.29, 0.717) is 6.42 Å². The van der Waals surface area contributed by atoms with E-state index in [4.69, 9.17) is 45.0 Å². The number of esters is 3. The number of carbonyl (C=O) groups excluding carboxylic acids is 3. The van der Waals surface area contributed by atoms with Crippen LogP contribution in [0.1, 0.15) is 74.1 Å². The first-order chi connectivity index (χ1) is 22.5. The Kier molecular flexibility index (Phi) is 21.7. The number of azide groups is 3. The van der Waals surface area contributed by atoms with Crippen molar-refractivity contribution in [1.82, 2.24) is 0 Å². The average molecular weight is 684 g/mol. The van der Waals surface area contributed by atoms with Gasteiger partial charge in [0, 0.05) is 39.8 Å². The molecular weight excluding hydrogens is 630 g/mol. The summed E-state index contributed by atoms with van der Waals surface area (Å²) in [5.41, 5.74) is 23.3. The Morgan fingerprint density at radius 1 is 0.521 bits per heavy atom. The third kappa shape index (κ3) is 22.7. The number of hydrogen-bond donors (Lipinski definition) is 0. The van der Waals surface area contributed by atoms with Crippen LogP contribution in [0.25, 0.3) is 31.3 Å². The topological polar surface area (TPSA) is 253 Å². The third-order valence-corrected chi connectivity index (χ3v) is 7.00. The molecule has 0 spiro atoms. The number of rotatable bonds is 28. The van der Waals surface area contributed by atoms with Gasteiger partial charge in [-0.1, -0.05) is 63.8 Å².